The zero-order chi connectivity index (χ0) is 20.8. The maximum absolute atomic E-state index is 12.8. The van der Waals surface area contributed by atoms with Gasteiger partial charge in [-0.2, -0.15) is 0 Å². The Morgan fingerprint density at radius 2 is 1.71 bits per heavy atom. The lowest BCUT2D eigenvalue weighted by Gasteiger charge is -2.40. The summed E-state index contributed by atoms with van der Waals surface area (Å²) in [6, 6.07) is 6.44. The first-order chi connectivity index (χ1) is 12.7. The van der Waals surface area contributed by atoms with Crippen molar-refractivity contribution < 1.29 is 29.3 Å². The van der Waals surface area contributed by atoms with E-state index in [1.54, 1.807) is 17.8 Å². The number of nitrogens with one attached hydrogen (secondary N) is 1. The van der Waals surface area contributed by atoms with Crippen molar-refractivity contribution in [1.82, 2.24) is 9.55 Å². The smallest absolute Gasteiger partial charge is 0.335 e. The molecule has 0 fully saturated rings. The van der Waals surface area contributed by atoms with Crippen molar-refractivity contribution in [2.24, 2.45) is 7.05 Å². The van der Waals surface area contributed by atoms with Crippen LogP contribution < -0.4 is 5.32 Å². The molecule has 0 aliphatic carbocycles. The van der Waals surface area contributed by atoms with Gasteiger partial charge in [0.25, 0.3) is 0 Å². The number of anilines is 2. The molecule has 0 aliphatic heterocycles. The Morgan fingerprint density at radius 3 is 2.21 bits per heavy atom. The molecule has 2 N–H and O–H groups in total. The molecule has 0 radical (unpaired) electrons. The van der Waals surface area contributed by atoms with Crippen molar-refractivity contribution in [3.05, 3.63) is 60.6 Å². The monoisotopic (exact) mass is 419 g/mol. The third-order valence-corrected chi connectivity index (χ3v) is 4.99. The predicted octanol–water partition coefficient (Wildman–Crippen LogP) is 6.19. The van der Waals surface area contributed by atoms with Crippen molar-refractivity contribution in [3.8, 4) is 11.3 Å². The minimum absolute atomic E-state index is 0.0116. The maximum Gasteiger partial charge on any atom is 0.335 e. The number of carboxylic acid groups (broad SMARTS) is 1. The summed E-state index contributed by atoms with van der Waals surface area (Å²) in [7, 11) is -8.03. The summed E-state index contributed by atoms with van der Waals surface area (Å²) >= 11 is 0. The fraction of sp³-hybridized carbons (Fsp3) is 0.0588. The van der Waals surface area contributed by atoms with Crippen LogP contribution >= 0.6 is 10.2 Å². The first-order valence-electron chi connectivity index (χ1n) is 7.70. The third kappa shape index (κ3) is 4.25. The molecule has 28 heavy (non-hydrogen) atoms. The number of halogens is 5. The number of benzene rings is 2. The molecule has 0 spiro atoms. The second-order valence-electron chi connectivity index (χ2n) is 6.11. The highest BCUT2D eigenvalue weighted by molar-refractivity contribution is 8.45. The van der Waals surface area contributed by atoms with Crippen LogP contribution in [0.4, 0.5) is 30.8 Å². The van der Waals surface area contributed by atoms with Crippen LogP contribution in [0.25, 0.3) is 11.3 Å². The van der Waals surface area contributed by atoms with Gasteiger partial charge in [-0.15, -0.1) is 0 Å². The van der Waals surface area contributed by atoms with Crippen LogP contribution in [-0.2, 0) is 7.05 Å². The Morgan fingerprint density at radius 1 is 1.07 bits per heavy atom. The van der Waals surface area contributed by atoms with E-state index in [4.69, 9.17) is 0 Å². The van der Waals surface area contributed by atoms with Gasteiger partial charge in [-0.25, -0.2) is 9.78 Å². The summed E-state index contributed by atoms with van der Waals surface area (Å²) in [5.74, 6) is -1.16. The summed E-state index contributed by atoms with van der Waals surface area (Å²) in [6.07, 6.45) is 3.12. The first-order valence-corrected chi connectivity index (χ1v) is 9.65. The van der Waals surface area contributed by atoms with Crippen LogP contribution in [0.3, 0.4) is 0 Å². The fourth-order valence-corrected chi connectivity index (χ4v) is 3.15. The standard InChI is InChI=1S/C17H14F5N3O2S/c1-25-9-16(23-10-25)14-8-11(17(26)27)2-7-15(14)24-12-3-5-13(6-4-12)28(18,19,20,21)22/h2-10,24H,1H3,(H,26,27). The normalized spacial score (nSPS) is 14.2. The molecule has 0 amide bonds. The summed E-state index contributed by atoms with van der Waals surface area (Å²) in [5, 5.41) is 12.0. The number of aryl methyl sites for hydroxylation is 1. The number of imidazole rings is 1. The zero-order valence-electron chi connectivity index (χ0n) is 14.2. The molecule has 150 valence electrons. The van der Waals surface area contributed by atoms with Gasteiger partial charge in [0, 0.05) is 30.2 Å². The highest BCUT2D eigenvalue weighted by atomic mass is 32.5. The lowest BCUT2D eigenvalue weighted by molar-refractivity contribution is 0.0697. The Labute approximate surface area is 156 Å². The SMILES string of the molecule is Cn1cnc(-c2cc(C(=O)O)ccc2Nc2ccc(S(F)(F)(F)(F)F)cc2)c1. The fourth-order valence-electron chi connectivity index (χ4n) is 2.50. The van der Waals surface area contributed by atoms with E-state index in [1.807, 2.05) is 0 Å². The Hall–Kier alpha value is -3.08. The molecule has 5 nitrogen and oxygen atoms in total. The van der Waals surface area contributed by atoms with E-state index >= 15 is 0 Å². The van der Waals surface area contributed by atoms with Gasteiger partial charge < -0.3 is 15.0 Å². The van der Waals surface area contributed by atoms with Crippen molar-refractivity contribution in [2.45, 2.75) is 4.90 Å². The van der Waals surface area contributed by atoms with Crippen LogP contribution in [0.2, 0.25) is 0 Å². The van der Waals surface area contributed by atoms with E-state index < -0.39 is 21.1 Å². The number of hydrogen-bond acceptors (Lipinski definition) is 3. The van der Waals surface area contributed by atoms with E-state index in [-0.39, 0.29) is 11.3 Å². The molecular weight excluding hydrogens is 405 g/mol. The molecule has 0 saturated carbocycles. The molecule has 1 heterocycles. The third-order valence-electron chi connectivity index (χ3n) is 3.83. The molecule has 1 aromatic heterocycles. The lowest BCUT2D eigenvalue weighted by Crippen LogP contribution is -2.06. The molecule has 2 aromatic carbocycles. The van der Waals surface area contributed by atoms with Crippen molar-refractivity contribution in [2.75, 3.05) is 5.32 Å². The van der Waals surface area contributed by atoms with Gasteiger partial charge in [0.05, 0.1) is 17.6 Å². The molecule has 3 aromatic rings. The van der Waals surface area contributed by atoms with Crippen LogP contribution in [0.5, 0.6) is 0 Å². The van der Waals surface area contributed by atoms with Crippen molar-refractivity contribution in [3.63, 3.8) is 0 Å². The van der Waals surface area contributed by atoms with Crippen LogP contribution in [-0.4, -0.2) is 20.6 Å². The summed E-state index contributed by atoms with van der Waals surface area (Å²) < 4.78 is 65.8. The van der Waals surface area contributed by atoms with Crippen LogP contribution in [0, 0.1) is 0 Å². The van der Waals surface area contributed by atoms with Gasteiger partial charge in [0.1, 0.15) is 4.90 Å². The number of hydrogen-bond donors (Lipinski definition) is 2. The van der Waals surface area contributed by atoms with Gasteiger partial charge >= 0.3 is 16.2 Å². The Bertz CT molecular complexity index is 1060. The van der Waals surface area contributed by atoms with E-state index in [0.29, 0.717) is 29.1 Å². The minimum atomic E-state index is -9.74. The van der Waals surface area contributed by atoms with E-state index in [0.717, 1.165) is 12.1 Å². The highest BCUT2D eigenvalue weighted by Crippen LogP contribution is 3.02. The highest BCUT2D eigenvalue weighted by Gasteiger charge is 2.65. The molecule has 3 rings (SSSR count). The maximum atomic E-state index is 12.8. The van der Waals surface area contributed by atoms with E-state index in [1.165, 1.54) is 24.5 Å². The number of aromatic nitrogens is 2. The van der Waals surface area contributed by atoms with Crippen molar-refractivity contribution in [1.29, 1.82) is 0 Å². The number of carbonyl (C=O) groups is 1. The molecule has 0 unspecified atom stereocenters. The number of nitrogens with zero attached hydrogens (tertiary/aromatic N) is 2. The van der Waals surface area contributed by atoms with Crippen molar-refractivity contribution >= 4 is 27.6 Å². The van der Waals surface area contributed by atoms with Gasteiger partial charge in [0.15, 0.2) is 0 Å². The average Bonchev–Trinajstić information content (AvgIpc) is 2.99. The Kier molecular flexibility index (Phi) is 4.01. The predicted molar refractivity (Wildman–Crippen MR) is 96.7 cm³/mol. The quantitative estimate of drug-likeness (QED) is 0.484. The summed E-state index contributed by atoms with van der Waals surface area (Å²) in [6.45, 7) is 0. The number of rotatable bonds is 5. The summed E-state index contributed by atoms with van der Waals surface area (Å²) in [4.78, 5) is 13.4. The molecule has 0 saturated heterocycles. The lowest BCUT2D eigenvalue weighted by atomic mass is 10.1. The zero-order valence-corrected chi connectivity index (χ0v) is 15.1. The summed E-state index contributed by atoms with van der Waals surface area (Å²) in [5.41, 5.74) is 1.27. The van der Waals surface area contributed by atoms with Gasteiger partial charge in [0.2, 0.25) is 0 Å². The average molecular weight is 419 g/mol. The van der Waals surface area contributed by atoms with E-state index in [9.17, 15) is 29.3 Å². The number of carboxylic acids is 1. The minimum Gasteiger partial charge on any atom is -0.478 e. The van der Waals surface area contributed by atoms with Crippen LogP contribution in [0.15, 0.2) is 59.9 Å². The Balaban J connectivity index is 2.00. The topological polar surface area (TPSA) is 67.2 Å². The molecule has 0 bridgehead atoms. The number of aromatic carboxylic acids is 1. The second-order valence-corrected chi connectivity index (χ2v) is 8.52. The first kappa shape index (κ1) is 19.7. The molecule has 11 heteroatoms. The van der Waals surface area contributed by atoms with E-state index in [2.05, 4.69) is 10.3 Å². The van der Waals surface area contributed by atoms with Crippen LogP contribution in [0.1, 0.15) is 10.4 Å². The molecule has 0 aliphatic rings. The largest absolute Gasteiger partial charge is 0.478 e. The molecular formula is C17H14F5N3O2S. The molecule has 0 atom stereocenters. The van der Waals surface area contributed by atoms with Gasteiger partial charge in [-0.1, -0.05) is 19.4 Å². The van der Waals surface area contributed by atoms with Gasteiger partial charge in [-0.05, 0) is 42.5 Å². The van der Waals surface area contributed by atoms with Gasteiger partial charge in [-0.3, -0.25) is 0 Å². The second kappa shape index (κ2) is 5.71.